The third-order valence-corrected chi connectivity index (χ3v) is 5.30. The van der Waals surface area contributed by atoms with Gasteiger partial charge in [0.25, 0.3) is 0 Å². The minimum absolute atomic E-state index is 0.333. The summed E-state index contributed by atoms with van der Waals surface area (Å²) in [4.78, 5) is 4.05. The molecule has 120 valence electrons. The summed E-state index contributed by atoms with van der Waals surface area (Å²) in [7, 11) is -1.41. The van der Waals surface area contributed by atoms with Gasteiger partial charge < -0.3 is 4.42 Å². The van der Waals surface area contributed by atoms with Gasteiger partial charge >= 0.3 is 0 Å². The Labute approximate surface area is 149 Å². The second-order valence-corrected chi connectivity index (χ2v) is 9.26. The average molecular weight is 414 g/mol. The van der Waals surface area contributed by atoms with Gasteiger partial charge in [-0.25, -0.2) is 9.19 Å². The molecule has 0 N–H and O–H groups in total. The van der Waals surface area contributed by atoms with Crippen molar-refractivity contribution in [1.82, 2.24) is 4.98 Å². The minimum Gasteiger partial charge on any atom is -0.454 e. The first kappa shape index (κ1) is 16.6. The van der Waals surface area contributed by atoms with Gasteiger partial charge in [-0.3, -0.25) is 0 Å². The second-order valence-electron chi connectivity index (χ2n) is 6.05. The van der Waals surface area contributed by atoms with Gasteiger partial charge in [-0.1, -0.05) is 27.5 Å². The van der Waals surface area contributed by atoms with Crippen LogP contribution in [0.2, 0.25) is 5.15 Å². The Balaban J connectivity index is 2.51. The molecule has 0 fully saturated rings. The first-order valence-corrected chi connectivity index (χ1v) is 9.18. The van der Waals surface area contributed by atoms with Crippen molar-refractivity contribution in [2.75, 3.05) is 0 Å². The lowest BCUT2D eigenvalue weighted by molar-refractivity contribution is 0.649. The van der Waals surface area contributed by atoms with Crippen LogP contribution in [0.3, 0.4) is 0 Å². The molecule has 0 aliphatic rings. The van der Waals surface area contributed by atoms with E-state index in [2.05, 4.69) is 25.3 Å². The fourth-order valence-electron chi connectivity index (χ4n) is 2.04. The Morgan fingerprint density at radius 2 is 1.91 bits per heavy atom. The van der Waals surface area contributed by atoms with Crippen molar-refractivity contribution in [2.24, 2.45) is 4.40 Å². The molecule has 3 rings (SSSR count). The largest absolute Gasteiger partial charge is 0.454 e. The zero-order valence-electron chi connectivity index (χ0n) is 12.8. The van der Waals surface area contributed by atoms with Crippen LogP contribution in [0.4, 0.5) is 0 Å². The number of pyridine rings is 1. The van der Waals surface area contributed by atoms with E-state index in [1.807, 2.05) is 39.0 Å². The first-order valence-electron chi connectivity index (χ1n) is 6.90. The van der Waals surface area contributed by atoms with Crippen LogP contribution in [0.5, 0.6) is 0 Å². The van der Waals surface area contributed by atoms with E-state index >= 15 is 0 Å². The molecule has 0 saturated carbocycles. The highest BCUT2D eigenvalue weighted by molar-refractivity contribution is 9.10. The van der Waals surface area contributed by atoms with Gasteiger partial charge in [-0.05, 0) is 45.0 Å². The fourth-order valence-corrected chi connectivity index (χ4v) is 3.20. The van der Waals surface area contributed by atoms with E-state index in [1.54, 1.807) is 12.3 Å². The SMILES string of the molecule is CC(C)(C)[S@](=O)N=c1c2cc(Br)ccc2oc2cnc(Cl)cc12. The quantitative estimate of drug-likeness (QED) is 0.427. The Kier molecular flexibility index (Phi) is 4.33. The molecule has 3 aromatic rings. The Bertz CT molecular complexity index is 946. The molecule has 0 unspecified atom stereocenters. The zero-order valence-corrected chi connectivity index (χ0v) is 15.9. The van der Waals surface area contributed by atoms with Crippen molar-refractivity contribution in [1.29, 1.82) is 0 Å². The number of benzene rings is 1. The molecule has 1 aromatic carbocycles. The van der Waals surface area contributed by atoms with Crippen LogP contribution in [-0.2, 0) is 11.0 Å². The molecule has 23 heavy (non-hydrogen) atoms. The van der Waals surface area contributed by atoms with Gasteiger partial charge in [0.2, 0.25) is 0 Å². The summed E-state index contributed by atoms with van der Waals surface area (Å²) in [6, 6.07) is 7.29. The first-order chi connectivity index (χ1) is 10.8. The number of fused-ring (bicyclic) bond motifs is 2. The minimum atomic E-state index is -1.41. The van der Waals surface area contributed by atoms with Gasteiger partial charge in [-0.15, -0.1) is 0 Å². The van der Waals surface area contributed by atoms with Crippen LogP contribution in [0.1, 0.15) is 20.8 Å². The van der Waals surface area contributed by atoms with E-state index in [4.69, 9.17) is 16.0 Å². The summed E-state index contributed by atoms with van der Waals surface area (Å²) in [6.45, 7) is 5.65. The molecule has 2 aromatic heterocycles. The summed E-state index contributed by atoms with van der Waals surface area (Å²) in [5.41, 5.74) is 1.20. The van der Waals surface area contributed by atoms with Gasteiger partial charge in [0, 0.05) is 15.2 Å². The van der Waals surface area contributed by atoms with Crippen molar-refractivity contribution in [3.63, 3.8) is 0 Å². The lowest BCUT2D eigenvalue weighted by Crippen LogP contribution is -2.22. The predicted molar refractivity (Wildman–Crippen MR) is 97.7 cm³/mol. The number of hydrogen-bond donors (Lipinski definition) is 0. The lowest BCUT2D eigenvalue weighted by Gasteiger charge is -2.13. The van der Waals surface area contributed by atoms with Crippen LogP contribution in [-0.4, -0.2) is 13.9 Å². The number of rotatable bonds is 1. The highest BCUT2D eigenvalue weighted by Crippen LogP contribution is 2.23. The number of halogens is 2. The highest BCUT2D eigenvalue weighted by atomic mass is 79.9. The number of nitrogens with zero attached hydrogens (tertiary/aromatic N) is 2. The topological polar surface area (TPSA) is 55.5 Å². The average Bonchev–Trinajstić information content (AvgIpc) is 2.47. The maximum Gasteiger partial charge on any atom is 0.155 e. The Morgan fingerprint density at radius 3 is 2.61 bits per heavy atom. The smallest absolute Gasteiger partial charge is 0.155 e. The maximum absolute atomic E-state index is 12.5. The molecule has 0 saturated heterocycles. The maximum atomic E-state index is 12.5. The van der Waals surface area contributed by atoms with Crippen LogP contribution >= 0.6 is 27.5 Å². The number of hydrogen-bond acceptors (Lipinski definition) is 3. The molecule has 4 nitrogen and oxygen atoms in total. The van der Waals surface area contributed by atoms with Gasteiger partial charge in [0.1, 0.15) is 21.7 Å². The van der Waals surface area contributed by atoms with E-state index < -0.39 is 15.7 Å². The third-order valence-electron chi connectivity index (χ3n) is 3.20. The third kappa shape index (κ3) is 3.34. The molecule has 7 heteroatoms. The number of aromatic nitrogens is 1. The van der Waals surface area contributed by atoms with E-state index in [0.29, 0.717) is 27.1 Å². The lowest BCUT2D eigenvalue weighted by atomic mass is 10.1. The molecular weight excluding hydrogens is 400 g/mol. The predicted octanol–water partition coefficient (Wildman–Crippen LogP) is 4.76. The van der Waals surface area contributed by atoms with Crippen molar-refractivity contribution >= 4 is 60.5 Å². The van der Waals surface area contributed by atoms with E-state index in [-0.39, 0.29) is 0 Å². The molecule has 0 aliphatic carbocycles. The van der Waals surface area contributed by atoms with Crippen LogP contribution in [0, 0.1) is 0 Å². The summed E-state index contributed by atoms with van der Waals surface area (Å²) < 4.78 is 23.3. The summed E-state index contributed by atoms with van der Waals surface area (Å²) >= 11 is 9.47. The van der Waals surface area contributed by atoms with Crippen molar-refractivity contribution in [3.8, 4) is 0 Å². The van der Waals surface area contributed by atoms with Crippen molar-refractivity contribution in [2.45, 2.75) is 25.5 Å². The van der Waals surface area contributed by atoms with Crippen LogP contribution in [0.15, 0.2) is 43.7 Å². The van der Waals surface area contributed by atoms with Crippen LogP contribution < -0.4 is 5.36 Å². The molecule has 0 spiro atoms. The van der Waals surface area contributed by atoms with Crippen LogP contribution in [0.25, 0.3) is 21.9 Å². The normalized spacial score (nSPS) is 14.6. The van der Waals surface area contributed by atoms with Crippen molar-refractivity contribution < 1.29 is 8.63 Å². The monoisotopic (exact) mass is 412 g/mol. The Morgan fingerprint density at radius 1 is 1.22 bits per heavy atom. The standard InChI is InChI=1S/C16H14BrClN2O2S/c1-16(2,3)23(21)20-15-10-6-9(17)4-5-12(10)22-13-8-19-14(18)7-11(13)15/h4-8H,1-3H3/t23-/m0/s1. The van der Waals surface area contributed by atoms with E-state index in [1.165, 1.54) is 0 Å². The second kappa shape index (κ2) is 6.00. The summed E-state index contributed by atoms with van der Waals surface area (Å²) in [6.07, 6.45) is 1.55. The summed E-state index contributed by atoms with van der Waals surface area (Å²) in [5.74, 6) is 0. The molecule has 0 bridgehead atoms. The van der Waals surface area contributed by atoms with Crippen molar-refractivity contribution in [3.05, 3.63) is 45.4 Å². The van der Waals surface area contributed by atoms with Gasteiger partial charge in [0.05, 0.1) is 16.3 Å². The highest BCUT2D eigenvalue weighted by Gasteiger charge is 2.19. The van der Waals surface area contributed by atoms with E-state index in [0.717, 1.165) is 9.86 Å². The molecule has 0 aliphatic heterocycles. The van der Waals surface area contributed by atoms with Gasteiger partial charge in [-0.2, -0.15) is 4.40 Å². The molecule has 0 radical (unpaired) electrons. The Hall–Kier alpha value is -1.24. The molecular formula is C16H14BrClN2O2S. The molecule has 1 atom stereocenters. The van der Waals surface area contributed by atoms with E-state index in [9.17, 15) is 4.21 Å². The molecule has 2 heterocycles. The van der Waals surface area contributed by atoms with Gasteiger partial charge in [0.15, 0.2) is 5.58 Å². The summed E-state index contributed by atoms with van der Waals surface area (Å²) in [5, 5.41) is 2.39. The molecule has 0 amide bonds. The fraction of sp³-hybridized carbons (Fsp3) is 0.250. The zero-order chi connectivity index (χ0) is 16.8.